The summed E-state index contributed by atoms with van der Waals surface area (Å²) < 4.78 is 10.1. The standard InChI is InChI=1S/C19H26N2O6/c1-2-26-17(22)13-27-16-5-3-14(4-6-16)7-10-20-19(25)21-11-8-15(9-12-21)18(23)24/h3-6,15H,2,7-13H2,1H3,(H,20,25)(H,23,24). The average Bonchev–Trinajstić information content (AvgIpc) is 2.67. The topological polar surface area (TPSA) is 105 Å². The first-order valence-corrected chi connectivity index (χ1v) is 9.12. The van der Waals surface area contributed by atoms with E-state index in [1.165, 1.54) is 0 Å². The maximum Gasteiger partial charge on any atom is 0.344 e. The van der Waals surface area contributed by atoms with Crippen molar-refractivity contribution in [1.29, 1.82) is 0 Å². The number of esters is 1. The monoisotopic (exact) mass is 378 g/mol. The number of nitrogens with one attached hydrogen (secondary N) is 1. The molecule has 0 atom stereocenters. The van der Waals surface area contributed by atoms with Gasteiger partial charge in [-0.2, -0.15) is 0 Å². The molecule has 1 aliphatic rings. The Labute approximate surface area is 158 Å². The number of likely N-dealkylation sites (tertiary alicyclic amines) is 1. The van der Waals surface area contributed by atoms with Crippen molar-refractivity contribution in [2.24, 2.45) is 5.92 Å². The van der Waals surface area contributed by atoms with Crippen LogP contribution in [0.5, 0.6) is 5.75 Å². The number of piperidine rings is 1. The predicted octanol–water partition coefficient (Wildman–Crippen LogP) is 1.68. The molecule has 2 amide bonds. The molecule has 0 spiro atoms. The molecule has 1 aliphatic heterocycles. The van der Waals surface area contributed by atoms with Crippen molar-refractivity contribution in [3.8, 4) is 5.75 Å². The Balaban J connectivity index is 1.67. The second-order valence-corrected chi connectivity index (χ2v) is 6.32. The number of hydrogen-bond donors (Lipinski definition) is 2. The summed E-state index contributed by atoms with van der Waals surface area (Å²) >= 11 is 0. The zero-order valence-corrected chi connectivity index (χ0v) is 15.5. The number of urea groups is 1. The summed E-state index contributed by atoms with van der Waals surface area (Å²) in [5.74, 6) is -0.961. The largest absolute Gasteiger partial charge is 0.482 e. The fourth-order valence-electron chi connectivity index (χ4n) is 2.85. The van der Waals surface area contributed by atoms with Crippen LogP contribution in [-0.4, -0.2) is 60.8 Å². The fourth-order valence-corrected chi connectivity index (χ4v) is 2.85. The number of aliphatic carboxylic acids is 1. The minimum absolute atomic E-state index is 0.123. The number of rotatable bonds is 8. The molecule has 0 bridgehead atoms. The molecule has 8 heteroatoms. The molecule has 0 unspecified atom stereocenters. The quantitative estimate of drug-likeness (QED) is 0.667. The molecule has 1 saturated heterocycles. The molecule has 0 saturated carbocycles. The van der Waals surface area contributed by atoms with Crippen molar-refractivity contribution in [2.75, 3.05) is 32.8 Å². The van der Waals surface area contributed by atoms with Gasteiger partial charge in [0.25, 0.3) is 0 Å². The average molecular weight is 378 g/mol. The first-order valence-electron chi connectivity index (χ1n) is 9.12. The van der Waals surface area contributed by atoms with Crippen molar-refractivity contribution in [3.63, 3.8) is 0 Å². The van der Waals surface area contributed by atoms with Crippen LogP contribution in [0.3, 0.4) is 0 Å². The minimum Gasteiger partial charge on any atom is -0.482 e. The van der Waals surface area contributed by atoms with Gasteiger partial charge in [-0.15, -0.1) is 0 Å². The molecule has 27 heavy (non-hydrogen) atoms. The maximum atomic E-state index is 12.1. The van der Waals surface area contributed by atoms with E-state index in [1.807, 2.05) is 12.1 Å². The van der Waals surface area contributed by atoms with E-state index < -0.39 is 11.9 Å². The minimum atomic E-state index is -0.787. The number of hydrogen-bond acceptors (Lipinski definition) is 5. The Morgan fingerprint density at radius 3 is 2.44 bits per heavy atom. The molecular formula is C19H26N2O6. The summed E-state index contributed by atoms with van der Waals surface area (Å²) in [7, 11) is 0. The third-order valence-electron chi connectivity index (χ3n) is 4.41. The van der Waals surface area contributed by atoms with Gasteiger partial charge in [-0.3, -0.25) is 4.79 Å². The molecule has 148 valence electrons. The van der Waals surface area contributed by atoms with Gasteiger partial charge >= 0.3 is 18.0 Å². The molecule has 1 aromatic rings. The van der Waals surface area contributed by atoms with Gasteiger partial charge in [0, 0.05) is 19.6 Å². The first-order chi connectivity index (χ1) is 13.0. The van der Waals surface area contributed by atoms with Gasteiger partial charge in [0.05, 0.1) is 12.5 Å². The summed E-state index contributed by atoms with van der Waals surface area (Å²) in [5, 5.41) is 11.8. The second kappa shape index (κ2) is 10.4. The number of amides is 2. The van der Waals surface area contributed by atoms with E-state index in [-0.39, 0.29) is 18.6 Å². The molecule has 1 heterocycles. The third-order valence-corrected chi connectivity index (χ3v) is 4.41. The van der Waals surface area contributed by atoms with Crippen LogP contribution < -0.4 is 10.1 Å². The smallest absolute Gasteiger partial charge is 0.344 e. The number of carbonyl (C=O) groups is 3. The summed E-state index contributed by atoms with van der Waals surface area (Å²) in [6.07, 6.45) is 1.65. The van der Waals surface area contributed by atoms with E-state index >= 15 is 0 Å². The van der Waals surface area contributed by atoms with Crippen LogP contribution in [0.25, 0.3) is 0 Å². The molecule has 2 rings (SSSR count). The Morgan fingerprint density at radius 1 is 1.19 bits per heavy atom. The van der Waals surface area contributed by atoms with Crippen LogP contribution >= 0.6 is 0 Å². The lowest BCUT2D eigenvalue weighted by Gasteiger charge is -2.30. The molecule has 0 radical (unpaired) electrons. The lowest BCUT2D eigenvalue weighted by molar-refractivity contribution is -0.145. The highest BCUT2D eigenvalue weighted by Crippen LogP contribution is 2.17. The Morgan fingerprint density at radius 2 is 1.85 bits per heavy atom. The van der Waals surface area contributed by atoms with Crippen LogP contribution in [0.4, 0.5) is 4.79 Å². The number of nitrogens with zero attached hydrogens (tertiary/aromatic N) is 1. The zero-order chi connectivity index (χ0) is 19.6. The SMILES string of the molecule is CCOC(=O)COc1ccc(CCNC(=O)N2CCC(C(=O)O)CC2)cc1. The van der Waals surface area contributed by atoms with Crippen LogP contribution in [-0.2, 0) is 20.7 Å². The van der Waals surface area contributed by atoms with Gasteiger partial charge in [-0.1, -0.05) is 12.1 Å². The number of benzene rings is 1. The normalized spacial score (nSPS) is 14.5. The van der Waals surface area contributed by atoms with Gasteiger partial charge in [0.15, 0.2) is 6.61 Å². The number of carbonyl (C=O) groups excluding carboxylic acids is 2. The van der Waals surface area contributed by atoms with E-state index in [9.17, 15) is 14.4 Å². The molecule has 2 N–H and O–H groups in total. The van der Waals surface area contributed by atoms with Crippen LogP contribution in [0.1, 0.15) is 25.3 Å². The van der Waals surface area contributed by atoms with Gasteiger partial charge < -0.3 is 24.8 Å². The fraction of sp³-hybridized carbons (Fsp3) is 0.526. The highest BCUT2D eigenvalue weighted by molar-refractivity contribution is 5.75. The van der Waals surface area contributed by atoms with Crippen molar-refractivity contribution >= 4 is 18.0 Å². The van der Waals surface area contributed by atoms with Crippen molar-refractivity contribution in [3.05, 3.63) is 29.8 Å². The Bertz CT molecular complexity index is 638. The van der Waals surface area contributed by atoms with Crippen molar-refractivity contribution in [2.45, 2.75) is 26.2 Å². The molecule has 0 aliphatic carbocycles. The van der Waals surface area contributed by atoms with Gasteiger partial charge in [0.2, 0.25) is 0 Å². The first kappa shape index (κ1) is 20.5. The zero-order valence-electron chi connectivity index (χ0n) is 15.5. The second-order valence-electron chi connectivity index (χ2n) is 6.32. The Kier molecular flexibility index (Phi) is 7.91. The van der Waals surface area contributed by atoms with Crippen molar-refractivity contribution in [1.82, 2.24) is 10.2 Å². The highest BCUT2D eigenvalue weighted by atomic mass is 16.6. The summed E-state index contributed by atoms with van der Waals surface area (Å²) in [4.78, 5) is 36.0. The van der Waals surface area contributed by atoms with Crippen LogP contribution in [0.15, 0.2) is 24.3 Å². The molecular weight excluding hydrogens is 352 g/mol. The summed E-state index contributed by atoms with van der Waals surface area (Å²) in [5.41, 5.74) is 1.03. The third kappa shape index (κ3) is 6.80. The van der Waals surface area contributed by atoms with Gasteiger partial charge in [-0.25, -0.2) is 9.59 Å². The van der Waals surface area contributed by atoms with E-state index in [2.05, 4.69) is 5.32 Å². The highest BCUT2D eigenvalue weighted by Gasteiger charge is 2.26. The van der Waals surface area contributed by atoms with Gasteiger partial charge in [-0.05, 0) is 43.9 Å². The van der Waals surface area contributed by atoms with E-state index in [4.69, 9.17) is 14.6 Å². The van der Waals surface area contributed by atoms with Crippen LogP contribution in [0, 0.1) is 5.92 Å². The lowest BCUT2D eigenvalue weighted by Crippen LogP contribution is -2.45. The van der Waals surface area contributed by atoms with Crippen molar-refractivity contribution < 1.29 is 29.0 Å². The Hall–Kier alpha value is -2.77. The molecule has 1 fully saturated rings. The van der Waals surface area contributed by atoms with E-state index in [0.29, 0.717) is 51.3 Å². The molecule has 8 nitrogen and oxygen atoms in total. The molecule has 0 aromatic heterocycles. The maximum absolute atomic E-state index is 12.1. The number of carboxylic acid groups (broad SMARTS) is 1. The van der Waals surface area contributed by atoms with E-state index in [0.717, 1.165) is 5.56 Å². The number of carboxylic acids is 1. The van der Waals surface area contributed by atoms with E-state index in [1.54, 1.807) is 24.0 Å². The lowest BCUT2D eigenvalue weighted by atomic mass is 9.97. The molecule has 1 aromatic carbocycles. The number of ether oxygens (including phenoxy) is 2. The van der Waals surface area contributed by atoms with Crippen LogP contribution in [0.2, 0.25) is 0 Å². The predicted molar refractivity (Wildman–Crippen MR) is 97.6 cm³/mol. The van der Waals surface area contributed by atoms with Gasteiger partial charge in [0.1, 0.15) is 5.75 Å². The summed E-state index contributed by atoms with van der Waals surface area (Å²) in [6, 6.07) is 7.14. The summed E-state index contributed by atoms with van der Waals surface area (Å²) in [6.45, 7) is 3.36.